The molecule has 19 heavy (non-hydrogen) atoms. The third kappa shape index (κ3) is 4.06. The number of aryl methyl sites for hydroxylation is 2. The highest BCUT2D eigenvalue weighted by atomic mass is 32.1. The van der Waals surface area contributed by atoms with Crippen molar-refractivity contribution < 1.29 is 9.53 Å². The lowest BCUT2D eigenvalue weighted by Crippen LogP contribution is -2.05. The van der Waals surface area contributed by atoms with Gasteiger partial charge in [0.25, 0.3) is 0 Å². The van der Waals surface area contributed by atoms with Gasteiger partial charge in [0.15, 0.2) is 5.13 Å². The molecular weight excluding hydrogens is 264 g/mol. The Hall–Kier alpha value is -1.89. The topological polar surface area (TPSA) is 69.0 Å². The van der Waals surface area contributed by atoms with Gasteiger partial charge in [0.2, 0.25) is 0 Å². The highest BCUT2D eigenvalue weighted by Gasteiger charge is 2.07. The highest BCUT2D eigenvalue weighted by Crippen LogP contribution is 2.21. The third-order valence-corrected chi connectivity index (χ3v) is 3.21. The normalized spacial score (nSPS) is 10.4. The maximum atomic E-state index is 11.2. The zero-order valence-electron chi connectivity index (χ0n) is 10.9. The third-order valence-electron chi connectivity index (χ3n) is 2.40. The van der Waals surface area contributed by atoms with Crippen LogP contribution in [0.1, 0.15) is 19.0 Å². The fourth-order valence-electron chi connectivity index (χ4n) is 1.55. The van der Waals surface area contributed by atoms with Crippen molar-refractivity contribution in [2.24, 2.45) is 7.05 Å². The Morgan fingerprint density at radius 2 is 2.42 bits per heavy atom. The van der Waals surface area contributed by atoms with Crippen LogP contribution in [0.2, 0.25) is 0 Å². The smallest absolute Gasteiger partial charge is 0.306 e. The first kappa shape index (κ1) is 13.5. The summed E-state index contributed by atoms with van der Waals surface area (Å²) >= 11 is 1.51. The second-order valence-corrected chi connectivity index (χ2v) is 4.83. The number of esters is 1. The molecule has 0 aromatic carbocycles. The Balaban J connectivity index is 1.86. The molecule has 102 valence electrons. The molecule has 0 bridgehead atoms. The number of ether oxygens (including phenoxy) is 1. The fraction of sp³-hybridized carbons (Fsp3) is 0.417. The number of thiazole rings is 1. The maximum Gasteiger partial charge on any atom is 0.306 e. The molecule has 2 rings (SSSR count). The second kappa shape index (κ2) is 6.33. The minimum absolute atomic E-state index is 0.183. The van der Waals surface area contributed by atoms with Crippen LogP contribution in [0, 0.1) is 0 Å². The highest BCUT2D eigenvalue weighted by molar-refractivity contribution is 7.13. The molecule has 0 aliphatic carbocycles. The van der Waals surface area contributed by atoms with Gasteiger partial charge in [-0.05, 0) is 6.92 Å². The van der Waals surface area contributed by atoms with Crippen LogP contribution in [-0.2, 0) is 23.0 Å². The van der Waals surface area contributed by atoms with E-state index in [4.69, 9.17) is 4.74 Å². The Morgan fingerprint density at radius 1 is 1.58 bits per heavy atom. The molecular formula is C12H16N4O2S. The molecule has 2 heterocycles. The van der Waals surface area contributed by atoms with Crippen LogP contribution in [0.4, 0.5) is 10.8 Å². The lowest BCUT2D eigenvalue weighted by atomic mass is 10.2. The molecule has 0 aliphatic heterocycles. The summed E-state index contributed by atoms with van der Waals surface area (Å²) in [5, 5.41) is 9.98. The van der Waals surface area contributed by atoms with Crippen molar-refractivity contribution in [3.63, 3.8) is 0 Å². The second-order valence-electron chi connectivity index (χ2n) is 3.98. The fourth-order valence-corrected chi connectivity index (χ4v) is 2.32. The minimum Gasteiger partial charge on any atom is -0.466 e. The van der Waals surface area contributed by atoms with Crippen molar-refractivity contribution in [2.75, 3.05) is 11.9 Å². The quantitative estimate of drug-likeness (QED) is 0.821. The number of hydrogen-bond donors (Lipinski definition) is 1. The molecule has 6 nitrogen and oxygen atoms in total. The maximum absolute atomic E-state index is 11.2. The van der Waals surface area contributed by atoms with Gasteiger partial charge >= 0.3 is 5.97 Å². The summed E-state index contributed by atoms with van der Waals surface area (Å²) in [5.74, 6) is -0.183. The van der Waals surface area contributed by atoms with Crippen molar-refractivity contribution in [1.82, 2.24) is 14.8 Å². The van der Waals surface area contributed by atoms with Crippen molar-refractivity contribution in [2.45, 2.75) is 19.8 Å². The van der Waals surface area contributed by atoms with E-state index in [1.807, 2.05) is 18.6 Å². The summed E-state index contributed by atoms with van der Waals surface area (Å²) in [6.45, 7) is 2.22. The van der Waals surface area contributed by atoms with Gasteiger partial charge in [-0.2, -0.15) is 5.10 Å². The molecule has 0 fully saturated rings. The summed E-state index contributed by atoms with van der Waals surface area (Å²) < 4.78 is 6.60. The van der Waals surface area contributed by atoms with Crippen molar-refractivity contribution >= 4 is 28.1 Å². The monoisotopic (exact) mass is 280 g/mol. The van der Waals surface area contributed by atoms with Gasteiger partial charge in [-0.1, -0.05) is 0 Å². The van der Waals surface area contributed by atoms with E-state index in [1.54, 1.807) is 17.8 Å². The molecule has 2 aromatic rings. The van der Waals surface area contributed by atoms with Gasteiger partial charge < -0.3 is 10.1 Å². The number of hydrogen-bond acceptors (Lipinski definition) is 6. The van der Waals surface area contributed by atoms with Gasteiger partial charge in [0.05, 0.1) is 30.6 Å². The molecule has 7 heteroatoms. The Bertz CT molecular complexity index is 549. The standard InChI is InChI=1S/C12H16N4O2S/c1-3-18-11(17)5-4-9-8-19-12(14-9)15-10-6-13-16(2)7-10/h6-8H,3-5H2,1-2H3,(H,14,15). The molecule has 0 spiro atoms. The lowest BCUT2D eigenvalue weighted by molar-refractivity contribution is -0.143. The predicted molar refractivity (Wildman–Crippen MR) is 73.6 cm³/mol. The lowest BCUT2D eigenvalue weighted by Gasteiger charge is -1.99. The Kier molecular flexibility index (Phi) is 4.51. The summed E-state index contributed by atoms with van der Waals surface area (Å²) in [6, 6.07) is 0. The predicted octanol–water partition coefficient (Wildman–Crippen LogP) is 2.12. The summed E-state index contributed by atoms with van der Waals surface area (Å²) in [6.07, 6.45) is 4.58. The molecule has 0 radical (unpaired) electrons. The number of aromatic nitrogens is 3. The number of nitrogens with zero attached hydrogens (tertiary/aromatic N) is 3. The van der Waals surface area contributed by atoms with E-state index >= 15 is 0 Å². The number of carbonyl (C=O) groups is 1. The van der Waals surface area contributed by atoms with Crippen LogP contribution in [-0.4, -0.2) is 27.3 Å². The molecule has 0 unspecified atom stereocenters. The van der Waals surface area contributed by atoms with Crippen molar-refractivity contribution in [3.05, 3.63) is 23.5 Å². The Labute approximate surface area is 115 Å². The summed E-state index contributed by atoms with van der Waals surface area (Å²) in [5.41, 5.74) is 1.79. The molecule has 0 amide bonds. The average molecular weight is 280 g/mol. The number of rotatable bonds is 6. The average Bonchev–Trinajstić information content (AvgIpc) is 2.97. The van der Waals surface area contributed by atoms with Crippen molar-refractivity contribution in [1.29, 1.82) is 0 Å². The Morgan fingerprint density at radius 3 is 3.11 bits per heavy atom. The van der Waals surface area contributed by atoms with Crippen LogP contribution in [0.5, 0.6) is 0 Å². The van der Waals surface area contributed by atoms with Crippen molar-refractivity contribution in [3.8, 4) is 0 Å². The molecule has 0 aliphatic rings. The number of anilines is 2. The molecule has 1 N–H and O–H groups in total. The van der Waals surface area contributed by atoms with Gasteiger partial charge in [0.1, 0.15) is 0 Å². The van der Waals surface area contributed by atoms with Gasteiger partial charge in [0, 0.05) is 25.0 Å². The summed E-state index contributed by atoms with van der Waals surface area (Å²) in [7, 11) is 1.86. The van der Waals surface area contributed by atoms with Crippen LogP contribution < -0.4 is 5.32 Å². The summed E-state index contributed by atoms with van der Waals surface area (Å²) in [4.78, 5) is 15.7. The first-order valence-electron chi connectivity index (χ1n) is 6.03. The zero-order chi connectivity index (χ0) is 13.7. The first-order valence-corrected chi connectivity index (χ1v) is 6.91. The zero-order valence-corrected chi connectivity index (χ0v) is 11.7. The van der Waals surface area contributed by atoms with E-state index < -0.39 is 0 Å². The molecule has 0 atom stereocenters. The van der Waals surface area contributed by atoms with E-state index in [9.17, 15) is 4.79 Å². The SMILES string of the molecule is CCOC(=O)CCc1csc(Nc2cnn(C)c2)n1. The van der Waals surface area contributed by atoms with E-state index in [0.717, 1.165) is 16.5 Å². The van der Waals surface area contributed by atoms with E-state index in [2.05, 4.69) is 15.4 Å². The van der Waals surface area contributed by atoms with Crippen LogP contribution in [0.3, 0.4) is 0 Å². The molecule has 0 saturated carbocycles. The van der Waals surface area contributed by atoms with Gasteiger partial charge in [-0.15, -0.1) is 11.3 Å². The number of carbonyl (C=O) groups excluding carboxylic acids is 1. The van der Waals surface area contributed by atoms with Crippen LogP contribution in [0.15, 0.2) is 17.8 Å². The van der Waals surface area contributed by atoms with E-state index in [-0.39, 0.29) is 5.97 Å². The minimum atomic E-state index is -0.183. The molecule has 0 saturated heterocycles. The first-order chi connectivity index (χ1) is 9.17. The van der Waals surface area contributed by atoms with Gasteiger partial charge in [-0.3, -0.25) is 9.48 Å². The van der Waals surface area contributed by atoms with Gasteiger partial charge in [-0.25, -0.2) is 4.98 Å². The van der Waals surface area contributed by atoms with Crippen LogP contribution >= 0.6 is 11.3 Å². The molecule has 2 aromatic heterocycles. The van der Waals surface area contributed by atoms with E-state index in [0.29, 0.717) is 19.4 Å². The largest absolute Gasteiger partial charge is 0.466 e. The number of nitrogens with one attached hydrogen (secondary N) is 1. The van der Waals surface area contributed by atoms with E-state index in [1.165, 1.54) is 11.3 Å². The van der Waals surface area contributed by atoms with Crippen LogP contribution in [0.25, 0.3) is 0 Å².